The predicted octanol–water partition coefficient (Wildman–Crippen LogP) is 5.07. The van der Waals surface area contributed by atoms with Crippen LogP contribution in [0.15, 0.2) is 66.7 Å². The van der Waals surface area contributed by atoms with Gasteiger partial charge in [-0.3, -0.25) is 0 Å². The summed E-state index contributed by atoms with van der Waals surface area (Å²) in [6.07, 6.45) is 0. The molecule has 3 aromatic carbocycles. The molecule has 0 atom stereocenters. The first-order chi connectivity index (χ1) is 10.7. The van der Waals surface area contributed by atoms with Crippen molar-refractivity contribution in [3.8, 4) is 16.9 Å². The van der Waals surface area contributed by atoms with Gasteiger partial charge in [0.25, 0.3) is 0 Å². The van der Waals surface area contributed by atoms with Gasteiger partial charge in [0.1, 0.15) is 5.75 Å². The van der Waals surface area contributed by atoms with Crippen molar-refractivity contribution in [2.45, 2.75) is 6.92 Å². The zero-order valence-corrected chi connectivity index (χ0v) is 12.2. The van der Waals surface area contributed by atoms with Crippen molar-refractivity contribution < 1.29 is 5.11 Å². The zero-order valence-electron chi connectivity index (χ0n) is 12.2. The average Bonchev–Trinajstić information content (AvgIpc) is 2.54. The lowest BCUT2D eigenvalue weighted by Gasteiger charge is -2.12. The highest BCUT2D eigenvalue weighted by molar-refractivity contribution is 6.00. The monoisotopic (exact) mass is 285 g/mol. The first kappa shape index (κ1) is 12.8. The van der Waals surface area contributed by atoms with Gasteiger partial charge in [-0.05, 0) is 36.2 Å². The third-order valence-corrected chi connectivity index (χ3v) is 4.06. The molecular formula is C20H15NO. The van der Waals surface area contributed by atoms with E-state index in [0.717, 1.165) is 38.5 Å². The summed E-state index contributed by atoms with van der Waals surface area (Å²) in [5.74, 6) is 0.305. The number of aromatic nitrogens is 1. The Kier molecular flexibility index (Phi) is 2.83. The minimum atomic E-state index is 0.305. The highest BCUT2D eigenvalue weighted by Gasteiger charge is 2.13. The molecule has 4 aromatic rings. The number of hydrogen-bond acceptors (Lipinski definition) is 2. The van der Waals surface area contributed by atoms with Gasteiger partial charge in [0.2, 0.25) is 0 Å². The van der Waals surface area contributed by atoms with E-state index >= 15 is 0 Å². The fourth-order valence-electron chi connectivity index (χ4n) is 3.00. The van der Waals surface area contributed by atoms with Crippen LogP contribution in [0, 0.1) is 6.92 Å². The second-order valence-corrected chi connectivity index (χ2v) is 5.53. The first-order valence-corrected chi connectivity index (χ1v) is 7.31. The SMILES string of the molecule is Cc1cc2nc3ccccc3cc2c(O)c1-c1ccccc1. The van der Waals surface area contributed by atoms with Crippen molar-refractivity contribution in [3.05, 3.63) is 72.3 Å². The van der Waals surface area contributed by atoms with Crippen molar-refractivity contribution in [1.82, 2.24) is 4.98 Å². The smallest absolute Gasteiger partial charge is 0.133 e. The van der Waals surface area contributed by atoms with E-state index in [2.05, 4.69) is 4.98 Å². The normalized spacial score (nSPS) is 11.1. The molecule has 1 N–H and O–H groups in total. The Balaban J connectivity index is 2.09. The van der Waals surface area contributed by atoms with E-state index in [9.17, 15) is 5.11 Å². The number of benzene rings is 3. The zero-order chi connectivity index (χ0) is 15.1. The predicted molar refractivity (Wildman–Crippen MR) is 91.1 cm³/mol. The summed E-state index contributed by atoms with van der Waals surface area (Å²) in [6, 6.07) is 22.0. The van der Waals surface area contributed by atoms with E-state index in [0.29, 0.717) is 5.75 Å². The Morgan fingerprint density at radius 1 is 0.818 bits per heavy atom. The largest absolute Gasteiger partial charge is 0.507 e. The quantitative estimate of drug-likeness (QED) is 0.495. The topological polar surface area (TPSA) is 33.1 Å². The maximum absolute atomic E-state index is 10.8. The van der Waals surface area contributed by atoms with Crippen LogP contribution in [0.4, 0.5) is 0 Å². The number of hydrogen-bond donors (Lipinski definition) is 1. The third-order valence-electron chi connectivity index (χ3n) is 4.06. The summed E-state index contributed by atoms with van der Waals surface area (Å²) in [6.45, 7) is 2.01. The first-order valence-electron chi connectivity index (χ1n) is 7.31. The lowest BCUT2D eigenvalue weighted by molar-refractivity contribution is 0.483. The molecule has 0 aliphatic carbocycles. The number of aromatic hydroxyl groups is 1. The number of para-hydroxylation sites is 1. The van der Waals surface area contributed by atoms with Gasteiger partial charge < -0.3 is 5.11 Å². The van der Waals surface area contributed by atoms with Crippen LogP contribution in [0.5, 0.6) is 5.75 Å². The van der Waals surface area contributed by atoms with Crippen LogP contribution in [0.2, 0.25) is 0 Å². The molecule has 106 valence electrons. The molecule has 0 radical (unpaired) electrons. The Bertz CT molecular complexity index is 991. The van der Waals surface area contributed by atoms with Gasteiger partial charge in [-0.1, -0.05) is 48.5 Å². The molecular weight excluding hydrogens is 270 g/mol. The standard InChI is InChI=1S/C20H15NO/c1-13-11-18-16(12-15-9-5-6-10-17(15)21-18)20(22)19(13)14-7-3-2-4-8-14/h2-12,22H,1H3. The molecule has 22 heavy (non-hydrogen) atoms. The van der Waals surface area contributed by atoms with Crippen LogP contribution in [0.3, 0.4) is 0 Å². The van der Waals surface area contributed by atoms with E-state index in [4.69, 9.17) is 0 Å². The van der Waals surface area contributed by atoms with Crippen LogP contribution in [-0.2, 0) is 0 Å². The van der Waals surface area contributed by atoms with Gasteiger partial charge in [0.05, 0.1) is 11.0 Å². The Hall–Kier alpha value is -2.87. The highest BCUT2D eigenvalue weighted by Crippen LogP contribution is 2.39. The maximum atomic E-state index is 10.8. The average molecular weight is 285 g/mol. The highest BCUT2D eigenvalue weighted by atomic mass is 16.3. The summed E-state index contributed by atoms with van der Waals surface area (Å²) in [4.78, 5) is 4.67. The number of pyridine rings is 1. The fraction of sp³-hybridized carbons (Fsp3) is 0.0500. The van der Waals surface area contributed by atoms with Crippen molar-refractivity contribution in [1.29, 1.82) is 0 Å². The molecule has 1 heterocycles. The molecule has 0 unspecified atom stereocenters. The van der Waals surface area contributed by atoms with Crippen molar-refractivity contribution in [3.63, 3.8) is 0 Å². The fourth-order valence-corrected chi connectivity index (χ4v) is 3.00. The second-order valence-electron chi connectivity index (χ2n) is 5.53. The second kappa shape index (κ2) is 4.85. The third kappa shape index (κ3) is 1.92. The van der Waals surface area contributed by atoms with Gasteiger partial charge in [-0.25, -0.2) is 4.98 Å². The van der Waals surface area contributed by atoms with Crippen LogP contribution in [0.25, 0.3) is 32.9 Å². The van der Waals surface area contributed by atoms with Crippen molar-refractivity contribution >= 4 is 21.8 Å². The molecule has 2 nitrogen and oxygen atoms in total. The number of rotatable bonds is 1. The van der Waals surface area contributed by atoms with E-state index in [-0.39, 0.29) is 0 Å². The van der Waals surface area contributed by atoms with E-state index in [1.807, 2.05) is 73.7 Å². The number of phenols is 1. The van der Waals surface area contributed by atoms with E-state index < -0.39 is 0 Å². The molecule has 0 bridgehead atoms. The van der Waals surface area contributed by atoms with Crippen LogP contribution in [-0.4, -0.2) is 10.1 Å². The molecule has 2 heteroatoms. The van der Waals surface area contributed by atoms with Crippen LogP contribution >= 0.6 is 0 Å². The molecule has 4 rings (SSSR count). The maximum Gasteiger partial charge on any atom is 0.133 e. The summed E-state index contributed by atoms with van der Waals surface area (Å²) in [5, 5.41) is 12.6. The molecule has 0 fully saturated rings. The summed E-state index contributed by atoms with van der Waals surface area (Å²) < 4.78 is 0. The Morgan fingerprint density at radius 3 is 2.36 bits per heavy atom. The molecule has 1 aromatic heterocycles. The molecule has 0 aliphatic rings. The van der Waals surface area contributed by atoms with Crippen molar-refractivity contribution in [2.24, 2.45) is 0 Å². The number of phenolic OH excluding ortho intramolecular Hbond substituents is 1. The summed E-state index contributed by atoms with van der Waals surface area (Å²) >= 11 is 0. The van der Waals surface area contributed by atoms with Gasteiger partial charge in [0.15, 0.2) is 0 Å². The van der Waals surface area contributed by atoms with E-state index in [1.165, 1.54) is 0 Å². The number of aryl methyl sites for hydroxylation is 1. The van der Waals surface area contributed by atoms with Gasteiger partial charge in [-0.2, -0.15) is 0 Å². The molecule has 0 saturated heterocycles. The Labute approximate surface area is 128 Å². The minimum absolute atomic E-state index is 0.305. The molecule has 0 spiro atoms. The summed E-state index contributed by atoms with van der Waals surface area (Å²) in [7, 11) is 0. The minimum Gasteiger partial charge on any atom is -0.507 e. The summed E-state index contributed by atoms with van der Waals surface area (Å²) in [5.41, 5.74) is 4.70. The molecule has 0 aliphatic heterocycles. The van der Waals surface area contributed by atoms with Crippen LogP contribution < -0.4 is 0 Å². The van der Waals surface area contributed by atoms with Gasteiger partial charge in [-0.15, -0.1) is 0 Å². The number of nitrogens with zero attached hydrogens (tertiary/aromatic N) is 1. The lowest BCUT2D eigenvalue weighted by Crippen LogP contribution is -1.89. The van der Waals surface area contributed by atoms with Gasteiger partial charge >= 0.3 is 0 Å². The van der Waals surface area contributed by atoms with E-state index in [1.54, 1.807) is 0 Å². The molecule has 0 amide bonds. The Morgan fingerprint density at radius 2 is 1.55 bits per heavy atom. The number of fused-ring (bicyclic) bond motifs is 2. The molecule has 0 saturated carbocycles. The van der Waals surface area contributed by atoms with Gasteiger partial charge in [0, 0.05) is 16.3 Å². The lowest BCUT2D eigenvalue weighted by atomic mass is 9.96. The van der Waals surface area contributed by atoms with Crippen LogP contribution in [0.1, 0.15) is 5.56 Å². The van der Waals surface area contributed by atoms with Crippen molar-refractivity contribution in [2.75, 3.05) is 0 Å².